The number of guanidine groups is 1. The maximum atomic E-state index is 5.35. The summed E-state index contributed by atoms with van der Waals surface area (Å²) in [5.41, 5.74) is 2.55. The molecule has 1 aromatic heterocycles. The van der Waals surface area contributed by atoms with E-state index in [-0.39, 0.29) is 0 Å². The van der Waals surface area contributed by atoms with E-state index in [4.69, 9.17) is 9.47 Å². The zero-order valence-corrected chi connectivity index (χ0v) is 16.2. The van der Waals surface area contributed by atoms with E-state index in [2.05, 4.69) is 45.4 Å². The van der Waals surface area contributed by atoms with E-state index in [1.54, 1.807) is 32.6 Å². The Balaban J connectivity index is 1.79. The molecule has 1 atom stereocenters. The average Bonchev–Trinajstić information content (AvgIpc) is 3.18. The molecule has 2 N–H and O–H groups in total. The molecule has 2 rings (SSSR count). The predicted molar refractivity (Wildman–Crippen MR) is 105 cm³/mol. The summed E-state index contributed by atoms with van der Waals surface area (Å²) in [4.78, 5) is 4.29. The van der Waals surface area contributed by atoms with Crippen LogP contribution in [-0.4, -0.2) is 40.3 Å². The molecule has 136 valence electrons. The lowest BCUT2D eigenvalue weighted by Crippen LogP contribution is -2.39. The summed E-state index contributed by atoms with van der Waals surface area (Å²) in [6, 6.07) is 8.17. The molecule has 0 saturated carbocycles. The van der Waals surface area contributed by atoms with Gasteiger partial charge in [0, 0.05) is 20.1 Å². The minimum absolute atomic E-state index is 0.454. The second-order valence-electron chi connectivity index (χ2n) is 5.78. The molecule has 0 aliphatic heterocycles. The van der Waals surface area contributed by atoms with E-state index < -0.39 is 0 Å². The van der Waals surface area contributed by atoms with Gasteiger partial charge in [0.05, 0.1) is 14.2 Å². The first-order valence-corrected chi connectivity index (χ1v) is 9.29. The van der Waals surface area contributed by atoms with Crippen molar-refractivity contribution in [3.05, 3.63) is 46.2 Å². The molecule has 0 saturated heterocycles. The Bertz CT molecular complexity index is 671. The maximum Gasteiger partial charge on any atom is 0.191 e. The highest BCUT2D eigenvalue weighted by molar-refractivity contribution is 7.07. The molecule has 6 heteroatoms. The van der Waals surface area contributed by atoms with Crippen molar-refractivity contribution in [1.29, 1.82) is 0 Å². The Kier molecular flexibility index (Phi) is 7.60. The molecule has 0 radical (unpaired) electrons. The zero-order chi connectivity index (χ0) is 18.1. The first-order chi connectivity index (χ1) is 12.2. The number of nitrogens with zero attached hydrogens (tertiary/aromatic N) is 1. The van der Waals surface area contributed by atoms with E-state index in [9.17, 15) is 0 Å². The fraction of sp³-hybridized carbons (Fsp3) is 0.421. The van der Waals surface area contributed by atoms with Crippen molar-refractivity contribution in [1.82, 2.24) is 10.6 Å². The molecule has 25 heavy (non-hydrogen) atoms. The van der Waals surface area contributed by atoms with Gasteiger partial charge in [0.15, 0.2) is 17.5 Å². The largest absolute Gasteiger partial charge is 0.493 e. The number of aliphatic imine (C=N–C) groups is 1. The third-order valence-corrected chi connectivity index (χ3v) is 4.77. The van der Waals surface area contributed by atoms with Crippen molar-refractivity contribution >= 4 is 17.3 Å². The zero-order valence-electron chi connectivity index (χ0n) is 15.3. The number of benzene rings is 1. The van der Waals surface area contributed by atoms with Gasteiger partial charge in [-0.2, -0.15) is 11.3 Å². The number of thiophene rings is 1. The highest BCUT2D eigenvalue weighted by Crippen LogP contribution is 2.27. The molecule has 5 nitrogen and oxygen atoms in total. The van der Waals surface area contributed by atoms with Gasteiger partial charge in [0.25, 0.3) is 0 Å². The standard InChI is InChI=1S/C19H27N3O2S/c1-14(16-8-10-25-13-16)12-22-19(20-2)21-9-7-15-5-6-17(23-3)18(11-15)24-4/h5-6,8,10-11,13-14H,7,9,12H2,1-4H3,(H2,20,21,22). The monoisotopic (exact) mass is 361 g/mol. The molecule has 2 aromatic rings. The van der Waals surface area contributed by atoms with Crippen LogP contribution in [0.25, 0.3) is 0 Å². The van der Waals surface area contributed by atoms with E-state index in [0.29, 0.717) is 5.92 Å². The summed E-state index contributed by atoms with van der Waals surface area (Å²) < 4.78 is 10.6. The van der Waals surface area contributed by atoms with Gasteiger partial charge in [-0.05, 0) is 52.4 Å². The van der Waals surface area contributed by atoms with Gasteiger partial charge in [0.1, 0.15) is 0 Å². The van der Waals surface area contributed by atoms with Crippen molar-refractivity contribution in [3.63, 3.8) is 0 Å². The van der Waals surface area contributed by atoms with Gasteiger partial charge in [-0.15, -0.1) is 0 Å². The lowest BCUT2D eigenvalue weighted by Gasteiger charge is -2.15. The summed E-state index contributed by atoms with van der Waals surface area (Å²) in [6.45, 7) is 3.86. The fourth-order valence-electron chi connectivity index (χ4n) is 2.51. The Morgan fingerprint density at radius 3 is 2.60 bits per heavy atom. The first kappa shape index (κ1) is 19.1. The second kappa shape index (κ2) is 9.93. The van der Waals surface area contributed by atoms with Crippen LogP contribution in [0.5, 0.6) is 11.5 Å². The highest BCUT2D eigenvalue weighted by atomic mass is 32.1. The molecule has 0 spiro atoms. The molecule has 1 aromatic carbocycles. The summed E-state index contributed by atoms with van der Waals surface area (Å²) >= 11 is 1.73. The third kappa shape index (κ3) is 5.67. The Labute approximate surface area is 154 Å². The van der Waals surface area contributed by atoms with Crippen LogP contribution < -0.4 is 20.1 Å². The summed E-state index contributed by atoms with van der Waals surface area (Å²) in [6.07, 6.45) is 0.876. The minimum Gasteiger partial charge on any atom is -0.493 e. The van der Waals surface area contributed by atoms with Gasteiger partial charge >= 0.3 is 0 Å². The molecule has 0 fully saturated rings. The van der Waals surface area contributed by atoms with Crippen molar-refractivity contribution < 1.29 is 9.47 Å². The Hall–Kier alpha value is -2.21. The van der Waals surface area contributed by atoms with Crippen LogP contribution in [-0.2, 0) is 6.42 Å². The second-order valence-corrected chi connectivity index (χ2v) is 6.56. The van der Waals surface area contributed by atoms with Crippen LogP contribution in [0.15, 0.2) is 40.0 Å². The SMILES string of the molecule is CN=C(NCCc1ccc(OC)c(OC)c1)NCC(C)c1ccsc1. The summed E-state index contributed by atoms with van der Waals surface area (Å²) in [7, 11) is 5.09. The number of rotatable bonds is 8. The van der Waals surface area contributed by atoms with Crippen molar-refractivity contribution in [2.75, 3.05) is 34.4 Å². The van der Waals surface area contributed by atoms with Crippen molar-refractivity contribution in [2.24, 2.45) is 4.99 Å². The van der Waals surface area contributed by atoms with Gasteiger partial charge < -0.3 is 20.1 Å². The van der Waals surface area contributed by atoms with Crippen molar-refractivity contribution in [3.8, 4) is 11.5 Å². The third-order valence-electron chi connectivity index (χ3n) is 4.07. The van der Waals surface area contributed by atoms with E-state index in [1.807, 2.05) is 12.1 Å². The lowest BCUT2D eigenvalue weighted by molar-refractivity contribution is 0.354. The van der Waals surface area contributed by atoms with Gasteiger partial charge in [0.2, 0.25) is 0 Å². The quantitative estimate of drug-likeness (QED) is 0.560. The molecule has 0 aliphatic carbocycles. The summed E-state index contributed by atoms with van der Waals surface area (Å²) in [5, 5.41) is 11.0. The van der Waals surface area contributed by atoms with Crippen LogP contribution in [0.4, 0.5) is 0 Å². The molecule has 0 bridgehead atoms. The normalized spacial score (nSPS) is 12.6. The average molecular weight is 362 g/mol. The van der Waals surface area contributed by atoms with E-state index >= 15 is 0 Å². The maximum absolute atomic E-state index is 5.35. The fourth-order valence-corrected chi connectivity index (χ4v) is 3.29. The number of ether oxygens (including phenoxy) is 2. The van der Waals surface area contributed by atoms with Crippen LogP contribution in [0.3, 0.4) is 0 Å². The molecule has 0 aliphatic rings. The van der Waals surface area contributed by atoms with Crippen LogP contribution in [0, 0.1) is 0 Å². The number of methoxy groups -OCH3 is 2. The molecular formula is C19H27N3O2S. The van der Waals surface area contributed by atoms with Gasteiger partial charge in [-0.3, -0.25) is 4.99 Å². The number of hydrogen-bond acceptors (Lipinski definition) is 4. The summed E-state index contributed by atoms with van der Waals surface area (Å²) in [5.74, 6) is 2.78. The van der Waals surface area contributed by atoms with E-state index in [0.717, 1.165) is 37.0 Å². The lowest BCUT2D eigenvalue weighted by atomic mass is 10.1. The van der Waals surface area contributed by atoms with Crippen LogP contribution in [0.1, 0.15) is 24.0 Å². The molecule has 1 heterocycles. The van der Waals surface area contributed by atoms with Crippen LogP contribution in [0.2, 0.25) is 0 Å². The van der Waals surface area contributed by atoms with E-state index in [1.165, 1.54) is 11.1 Å². The molecule has 0 amide bonds. The topological polar surface area (TPSA) is 54.9 Å². The molecular weight excluding hydrogens is 334 g/mol. The van der Waals surface area contributed by atoms with Gasteiger partial charge in [-0.1, -0.05) is 13.0 Å². The first-order valence-electron chi connectivity index (χ1n) is 8.35. The Morgan fingerprint density at radius 2 is 1.96 bits per heavy atom. The van der Waals surface area contributed by atoms with Crippen molar-refractivity contribution in [2.45, 2.75) is 19.3 Å². The predicted octanol–water partition coefficient (Wildman–Crippen LogP) is 3.28. The Morgan fingerprint density at radius 1 is 1.16 bits per heavy atom. The molecule has 1 unspecified atom stereocenters. The minimum atomic E-state index is 0.454. The van der Waals surface area contributed by atoms with Crippen LogP contribution >= 0.6 is 11.3 Å². The smallest absolute Gasteiger partial charge is 0.191 e. The highest BCUT2D eigenvalue weighted by Gasteiger charge is 2.08. The van der Waals surface area contributed by atoms with Gasteiger partial charge in [-0.25, -0.2) is 0 Å². The number of nitrogens with one attached hydrogen (secondary N) is 2. The number of hydrogen-bond donors (Lipinski definition) is 2.